The fraction of sp³-hybridized carbons (Fsp3) is 0.200. The van der Waals surface area contributed by atoms with E-state index in [9.17, 15) is 13.2 Å². The molecule has 2 rings (SSSR count). The summed E-state index contributed by atoms with van der Waals surface area (Å²) >= 11 is 0. The molecule has 7 nitrogen and oxygen atoms in total. The highest BCUT2D eigenvalue weighted by Gasteiger charge is 2.11. The maximum absolute atomic E-state index is 11.2. The van der Waals surface area contributed by atoms with E-state index in [0.29, 0.717) is 16.6 Å². The smallest absolute Gasteiger partial charge is 0.325 e. The molecule has 0 bridgehead atoms. The second kappa shape index (κ2) is 4.30. The first kappa shape index (κ1) is 12.4. The van der Waals surface area contributed by atoms with Crippen molar-refractivity contribution in [1.29, 1.82) is 0 Å². The van der Waals surface area contributed by atoms with Crippen LogP contribution in [0.5, 0.6) is 0 Å². The minimum Gasteiger partial charge on any atom is -0.480 e. The number of benzene rings is 1. The summed E-state index contributed by atoms with van der Waals surface area (Å²) in [6.45, 7) is -0.272. The van der Waals surface area contributed by atoms with Crippen molar-refractivity contribution in [2.24, 2.45) is 0 Å². The van der Waals surface area contributed by atoms with Crippen LogP contribution in [0.1, 0.15) is 0 Å². The Kier molecular flexibility index (Phi) is 2.95. The summed E-state index contributed by atoms with van der Waals surface area (Å²) < 4.78 is 26.1. The lowest BCUT2D eigenvalue weighted by Gasteiger charge is -2.05. The first-order valence-electron chi connectivity index (χ1n) is 5.01. The fourth-order valence-electron chi connectivity index (χ4n) is 1.65. The second-order valence-corrected chi connectivity index (χ2v) is 5.56. The van der Waals surface area contributed by atoms with Crippen LogP contribution >= 0.6 is 0 Å². The normalized spacial score (nSPS) is 11.6. The van der Waals surface area contributed by atoms with Crippen molar-refractivity contribution in [3.05, 3.63) is 24.4 Å². The van der Waals surface area contributed by atoms with E-state index in [1.54, 1.807) is 18.2 Å². The predicted molar refractivity (Wildman–Crippen MR) is 65.8 cm³/mol. The monoisotopic (exact) mass is 269 g/mol. The zero-order valence-corrected chi connectivity index (χ0v) is 10.3. The third-order valence-electron chi connectivity index (χ3n) is 2.27. The van der Waals surface area contributed by atoms with Gasteiger partial charge < -0.3 is 5.11 Å². The van der Waals surface area contributed by atoms with Gasteiger partial charge in [0.2, 0.25) is 10.0 Å². The Morgan fingerprint density at radius 3 is 2.83 bits per heavy atom. The van der Waals surface area contributed by atoms with Crippen LogP contribution in [0, 0.1) is 0 Å². The van der Waals surface area contributed by atoms with Crippen molar-refractivity contribution in [2.75, 3.05) is 11.0 Å². The number of hydrogen-bond acceptors (Lipinski definition) is 4. The minimum atomic E-state index is -3.39. The Morgan fingerprint density at radius 1 is 1.50 bits per heavy atom. The molecule has 0 spiro atoms. The molecule has 0 aliphatic carbocycles. The summed E-state index contributed by atoms with van der Waals surface area (Å²) in [5, 5.41) is 13.2. The summed E-state index contributed by atoms with van der Waals surface area (Å²) in [5.74, 6) is -1.01. The largest absolute Gasteiger partial charge is 0.480 e. The Bertz CT molecular complexity index is 705. The Morgan fingerprint density at radius 2 is 2.22 bits per heavy atom. The molecule has 0 radical (unpaired) electrons. The van der Waals surface area contributed by atoms with E-state index < -0.39 is 16.0 Å². The van der Waals surface area contributed by atoms with Gasteiger partial charge in [-0.2, -0.15) is 5.10 Å². The number of anilines is 1. The van der Waals surface area contributed by atoms with Crippen LogP contribution in [0.3, 0.4) is 0 Å². The summed E-state index contributed by atoms with van der Waals surface area (Å²) in [4.78, 5) is 10.7. The maximum Gasteiger partial charge on any atom is 0.325 e. The van der Waals surface area contributed by atoms with Crippen molar-refractivity contribution < 1.29 is 18.3 Å². The van der Waals surface area contributed by atoms with E-state index in [-0.39, 0.29) is 6.54 Å². The first-order valence-corrected chi connectivity index (χ1v) is 6.90. The number of carbonyl (C=O) groups is 1. The van der Waals surface area contributed by atoms with E-state index in [1.807, 2.05) is 0 Å². The second-order valence-electron chi connectivity index (χ2n) is 3.81. The molecule has 18 heavy (non-hydrogen) atoms. The van der Waals surface area contributed by atoms with Crippen LogP contribution in [-0.4, -0.2) is 35.5 Å². The van der Waals surface area contributed by atoms with E-state index in [0.717, 1.165) is 6.26 Å². The van der Waals surface area contributed by atoms with Crippen molar-refractivity contribution >= 4 is 32.6 Å². The molecule has 0 aliphatic heterocycles. The van der Waals surface area contributed by atoms with Gasteiger partial charge in [0.15, 0.2) is 0 Å². The quantitative estimate of drug-likeness (QED) is 0.841. The number of rotatable bonds is 4. The first-order chi connectivity index (χ1) is 8.37. The van der Waals surface area contributed by atoms with Gasteiger partial charge in [-0.1, -0.05) is 6.07 Å². The number of aromatic nitrogens is 2. The van der Waals surface area contributed by atoms with Gasteiger partial charge in [0, 0.05) is 5.39 Å². The minimum absolute atomic E-state index is 0.272. The van der Waals surface area contributed by atoms with Crippen LogP contribution in [0.15, 0.2) is 24.4 Å². The van der Waals surface area contributed by atoms with E-state index in [2.05, 4.69) is 9.82 Å². The number of nitrogens with one attached hydrogen (secondary N) is 1. The van der Waals surface area contributed by atoms with Crippen molar-refractivity contribution in [3.8, 4) is 0 Å². The van der Waals surface area contributed by atoms with Crippen LogP contribution in [0.25, 0.3) is 10.9 Å². The summed E-state index contributed by atoms with van der Waals surface area (Å²) in [5.41, 5.74) is 0.942. The highest BCUT2D eigenvalue weighted by Crippen LogP contribution is 2.23. The van der Waals surface area contributed by atoms with Crippen LogP contribution in [0.4, 0.5) is 5.69 Å². The average molecular weight is 269 g/mol. The molecule has 0 amide bonds. The molecule has 96 valence electrons. The van der Waals surface area contributed by atoms with Crippen molar-refractivity contribution in [3.63, 3.8) is 0 Å². The lowest BCUT2D eigenvalue weighted by atomic mass is 10.2. The number of sulfonamides is 1. The van der Waals surface area contributed by atoms with Gasteiger partial charge >= 0.3 is 5.97 Å². The van der Waals surface area contributed by atoms with Gasteiger partial charge in [-0.3, -0.25) is 14.2 Å². The Hall–Kier alpha value is -2.09. The molecule has 1 aromatic carbocycles. The van der Waals surface area contributed by atoms with Crippen LogP contribution < -0.4 is 4.72 Å². The molecule has 2 aromatic rings. The molecule has 0 atom stereocenters. The van der Waals surface area contributed by atoms with Crippen LogP contribution in [-0.2, 0) is 21.4 Å². The molecule has 2 N–H and O–H groups in total. The molecular weight excluding hydrogens is 258 g/mol. The fourth-order valence-corrected chi connectivity index (χ4v) is 2.22. The molecule has 1 heterocycles. The standard InChI is InChI=1S/C10H11N3O4S/c1-18(16,17)12-8-3-2-4-9-7(8)5-11-13(9)6-10(14)15/h2-5,12H,6H2,1H3,(H,14,15). The number of aliphatic carboxylic acids is 1. The van der Waals surface area contributed by atoms with Gasteiger partial charge in [0.1, 0.15) is 6.54 Å². The highest BCUT2D eigenvalue weighted by atomic mass is 32.2. The molecular formula is C10H11N3O4S. The molecule has 8 heteroatoms. The lowest BCUT2D eigenvalue weighted by Crippen LogP contribution is -2.11. The third-order valence-corrected chi connectivity index (χ3v) is 2.86. The number of hydrogen-bond donors (Lipinski definition) is 2. The van der Waals surface area contributed by atoms with Gasteiger partial charge in [0.05, 0.1) is 23.7 Å². The van der Waals surface area contributed by atoms with Crippen molar-refractivity contribution in [2.45, 2.75) is 6.54 Å². The topological polar surface area (TPSA) is 101 Å². The molecule has 0 saturated carbocycles. The van der Waals surface area contributed by atoms with Crippen LogP contribution in [0.2, 0.25) is 0 Å². The number of carboxylic acid groups (broad SMARTS) is 1. The number of nitrogens with zero attached hydrogens (tertiary/aromatic N) is 2. The lowest BCUT2D eigenvalue weighted by molar-refractivity contribution is -0.137. The Balaban J connectivity index is 2.52. The molecule has 0 unspecified atom stereocenters. The van der Waals surface area contributed by atoms with Gasteiger partial charge in [0.25, 0.3) is 0 Å². The SMILES string of the molecule is CS(=O)(=O)Nc1cccc2c1cnn2CC(=O)O. The summed E-state index contributed by atoms with van der Waals surface area (Å²) in [6, 6.07) is 4.91. The van der Waals surface area contributed by atoms with E-state index >= 15 is 0 Å². The zero-order chi connectivity index (χ0) is 13.3. The summed E-state index contributed by atoms with van der Waals surface area (Å²) in [7, 11) is -3.39. The maximum atomic E-state index is 11.2. The summed E-state index contributed by atoms with van der Waals surface area (Å²) in [6.07, 6.45) is 2.49. The van der Waals surface area contributed by atoms with Gasteiger partial charge in [-0.15, -0.1) is 0 Å². The third kappa shape index (κ3) is 2.59. The highest BCUT2D eigenvalue weighted by molar-refractivity contribution is 7.92. The average Bonchev–Trinajstić information content (AvgIpc) is 2.60. The van der Waals surface area contributed by atoms with E-state index in [4.69, 9.17) is 5.11 Å². The Labute approximate surface area is 103 Å². The molecule has 0 aliphatic rings. The van der Waals surface area contributed by atoms with Gasteiger partial charge in [-0.05, 0) is 12.1 Å². The predicted octanol–water partition coefficient (Wildman–Crippen LogP) is 0.492. The van der Waals surface area contributed by atoms with Gasteiger partial charge in [-0.25, -0.2) is 8.42 Å². The zero-order valence-electron chi connectivity index (χ0n) is 9.49. The molecule has 0 saturated heterocycles. The number of carboxylic acids is 1. The van der Waals surface area contributed by atoms with E-state index in [1.165, 1.54) is 10.9 Å². The number of fused-ring (bicyclic) bond motifs is 1. The molecule has 0 fully saturated rings. The molecule has 1 aromatic heterocycles. The van der Waals surface area contributed by atoms with Crippen molar-refractivity contribution in [1.82, 2.24) is 9.78 Å².